The normalized spacial score (nSPS) is 9.13. The third-order valence-corrected chi connectivity index (χ3v) is 1.50. The Labute approximate surface area is 84.5 Å². The first-order valence-corrected chi connectivity index (χ1v) is 4.00. The maximum Gasteiger partial charge on any atom is 0.320 e. The summed E-state index contributed by atoms with van der Waals surface area (Å²) < 4.78 is 25.6. The van der Waals surface area contributed by atoms with Crippen LogP contribution in [0.5, 0.6) is 0 Å². The molecule has 0 bridgehead atoms. The van der Waals surface area contributed by atoms with Gasteiger partial charge in [-0.2, -0.15) is 5.26 Å². The molecule has 0 radical (unpaired) electrons. The van der Waals surface area contributed by atoms with E-state index in [4.69, 9.17) is 5.26 Å². The largest absolute Gasteiger partial charge is 0.325 e. The van der Waals surface area contributed by atoms with Gasteiger partial charge in [0.15, 0.2) is 0 Å². The van der Waals surface area contributed by atoms with E-state index in [1.807, 2.05) is 0 Å². The lowest BCUT2D eigenvalue weighted by molar-refractivity contribution is 0.253. The second-order valence-electron chi connectivity index (χ2n) is 2.59. The smallest absolute Gasteiger partial charge is 0.320 e. The van der Waals surface area contributed by atoms with Crippen molar-refractivity contribution in [2.75, 3.05) is 11.9 Å². The van der Waals surface area contributed by atoms with Gasteiger partial charge in [0.2, 0.25) is 0 Å². The lowest BCUT2D eigenvalue weighted by Crippen LogP contribution is -2.29. The van der Waals surface area contributed by atoms with Crippen LogP contribution in [0.4, 0.5) is 19.3 Å². The number of urea groups is 1. The van der Waals surface area contributed by atoms with Gasteiger partial charge in [-0.25, -0.2) is 13.6 Å². The van der Waals surface area contributed by atoms with Crippen LogP contribution in [0.3, 0.4) is 0 Å². The van der Waals surface area contributed by atoms with Gasteiger partial charge < -0.3 is 10.6 Å². The average molecular weight is 211 g/mol. The molecular formula is C9H7F2N3O. The number of carbonyl (C=O) groups is 1. The Balaban J connectivity index is 2.68. The predicted molar refractivity (Wildman–Crippen MR) is 49.0 cm³/mol. The zero-order valence-corrected chi connectivity index (χ0v) is 7.55. The number of benzene rings is 1. The van der Waals surface area contributed by atoms with E-state index in [1.165, 1.54) is 0 Å². The summed E-state index contributed by atoms with van der Waals surface area (Å²) in [5.41, 5.74) is -0.273. The van der Waals surface area contributed by atoms with Crippen LogP contribution in [0, 0.1) is 23.0 Å². The van der Waals surface area contributed by atoms with E-state index >= 15 is 0 Å². The fraction of sp³-hybridized carbons (Fsp3) is 0.111. The molecule has 4 nitrogen and oxygen atoms in total. The molecule has 0 spiro atoms. The average Bonchev–Trinajstić information content (AvgIpc) is 2.20. The van der Waals surface area contributed by atoms with Crippen molar-refractivity contribution in [3.63, 3.8) is 0 Å². The van der Waals surface area contributed by atoms with Gasteiger partial charge in [0.25, 0.3) is 0 Å². The van der Waals surface area contributed by atoms with Crippen LogP contribution in [-0.2, 0) is 0 Å². The number of nitrogens with zero attached hydrogens (tertiary/aromatic N) is 1. The number of nitrogens with one attached hydrogen (secondary N) is 2. The van der Waals surface area contributed by atoms with Crippen LogP contribution in [0.15, 0.2) is 18.2 Å². The Hall–Kier alpha value is -2.16. The molecule has 2 N–H and O–H groups in total. The topological polar surface area (TPSA) is 64.9 Å². The van der Waals surface area contributed by atoms with Crippen molar-refractivity contribution >= 4 is 11.7 Å². The van der Waals surface area contributed by atoms with E-state index in [0.29, 0.717) is 0 Å². The summed E-state index contributed by atoms with van der Waals surface area (Å²) in [4.78, 5) is 11.0. The van der Waals surface area contributed by atoms with Crippen molar-refractivity contribution in [3.8, 4) is 6.07 Å². The molecule has 0 aliphatic heterocycles. The number of anilines is 1. The minimum atomic E-state index is -0.763. The summed E-state index contributed by atoms with van der Waals surface area (Å²) >= 11 is 0. The highest BCUT2D eigenvalue weighted by atomic mass is 19.1. The highest BCUT2D eigenvalue weighted by molar-refractivity contribution is 5.89. The minimum absolute atomic E-state index is 0.206. The summed E-state index contributed by atoms with van der Waals surface area (Å²) in [5.74, 6) is -1.41. The van der Waals surface area contributed by atoms with Crippen LogP contribution >= 0.6 is 0 Å². The molecule has 0 aliphatic carbocycles. The van der Waals surface area contributed by atoms with Crippen LogP contribution in [0.25, 0.3) is 0 Å². The van der Waals surface area contributed by atoms with E-state index < -0.39 is 17.7 Å². The maximum absolute atomic E-state index is 13.0. The highest BCUT2D eigenvalue weighted by Gasteiger charge is 2.06. The molecule has 0 saturated carbocycles. The second-order valence-corrected chi connectivity index (χ2v) is 2.59. The van der Waals surface area contributed by atoms with E-state index in [-0.39, 0.29) is 12.2 Å². The molecular weight excluding hydrogens is 204 g/mol. The molecule has 15 heavy (non-hydrogen) atoms. The summed E-state index contributed by atoms with van der Waals surface area (Å²) in [6.07, 6.45) is 0. The molecule has 6 heteroatoms. The molecule has 0 atom stereocenters. The lowest BCUT2D eigenvalue weighted by atomic mass is 10.3. The van der Waals surface area contributed by atoms with Crippen molar-refractivity contribution in [3.05, 3.63) is 29.8 Å². The number of halogens is 2. The standard InChI is InChI=1S/C9H7F2N3O/c10-6-1-2-7(11)8(5-6)14-9(15)13-4-3-12/h1-2,5H,4H2,(H2,13,14,15). The quantitative estimate of drug-likeness (QED) is 0.730. The summed E-state index contributed by atoms with van der Waals surface area (Å²) in [5, 5.41) is 12.4. The van der Waals surface area contributed by atoms with E-state index in [0.717, 1.165) is 18.2 Å². The Morgan fingerprint density at radius 2 is 2.20 bits per heavy atom. The van der Waals surface area contributed by atoms with Gasteiger partial charge in [-0.15, -0.1) is 0 Å². The first-order chi connectivity index (χ1) is 7.13. The molecule has 1 aromatic rings. The third-order valence-electron chi connectivity index (χ3n) is 1.50. The maximum atomic E-state index is 13.0. The molecule has 0 aliphatic rings. The zero-order valence-electron chi connectivity index (χ0n) is 7.55. The predicted octanol–water partition coefficient (Wildman–Crippen LogP) is 1.61. The van der Waals surface area contributed by atoms with Gasteiger partial charge >= 0.3 is 6.03 Å². The number of rotatable bonds is 2. The monoisotopic (exact) mass is 211 g/mol. The van der Waals surface area contributed by atoms with Crippen LogP contribution in [0.1, 0.15) is 0 Å². The first-order valence-electron chi connectivity index (χ1n) is 4.00. The van der Waals surface area contributed by atoms with Crippen LogP contribution in [-0.4, -0.2) is 12.6 Å². The molecule has 0 saturated heterocycles. The Morgan fingerprint density at radius 3 is 2.87 bits per heavy atom. The summed E-state index contributed by atoms with van der Waals surface area (Å²) in [7, 11) is 0. The van der Waals surface area contributed by atoms with E-state index in [1.54, 1.807) is 6.07 Å². The van der Waals surface area contributed by atoms with Gasteiger partial charge in [0.05, 0.1) is 11.8 Å². The number of nitriles is 1. The molecule has 2 amide bonds. The molecule has 78 valence electrons. The zero-order chi connectivity index (χ0) is 11.3. The lowest BCUT2D eigenvalue weighted by Gasteiger charge is -2.05. The van der Waals surface area contributed by atoms with Crippen LogP contribution in [0.2, 0.25) is 0 Å². The van der Waals surface area contributed by atoms with Gasteiger partial charge in [0.1, 0.15) is 18.2 Å². The van der Waals surface area contributed by atoms with Crippen molar-refractivity contribution in [2.45, 2.75) is 0 Å². The third kappa shape index (κ3) is 3.23. The molecule has 1 rings (SSSR count). The fourth-order valence-corrected chi connectivity index (χ4v) is 0.880. The number of amides is 2. The minimum Gasteiger partial charge on any atom is -0.325 e. The van der Waals surface area contributed by atoms with Gasteiger partial charge in [-0.1, -0.05) is 0 Å². The van der Waals surface area contributed by atoms with Gasteiger partial charge in [-0.3, -0.25) is 0 Å². The second kappa shape index (κ2) is 4.91. The van der Waals surface area contributed by atoms with Gasteiger partial charge in [0, 0.05) is 6.07 Å². The van der Waals surface area contributed by atoms with Crippen molar-refractivity contribution in [1.82, 2.24) is 5.32 Å². The molecule has 0 unspecified atom stereocenters. The molecule has 0 aromatic heterocycles. The SMILES string of the molecule is N#CCNC(=O)Nc1cc(F)ccc1F. The van der Waals surface area contributed by atoms with Crippen LogP contribution < -0.4 is 10.6 Å². The summed E-state index contributed by atoms with van der Waals surface area (Å²) in [6.45, 7) is -0.206. The Kier molecular flexibility index (Phi) is 3.57. The molecule has 0 heterocycles. The number of hydrogen-bond acceptors (Lipinski definition) is 2. The van der Waals surface area contributed by atoms with E-state index in [2.05, 4.69) is 10.6 Å². The van der Waals surface area contributed by atoms with Crippen molar-refractivity contribution < 1.29 is 13.6 Å². The Morgan fingerprint density at radius 1 is 1.47 bits per heavy atom. The number of carbonyl (C=O) groups excluding carboxylic acids is 1. The molecule has 0 fully saturated rings. The van der Waals surface area contributed by atoms with Crippen molar-refractivity contribution in [2.24, 2.45) is 0 Å². The molecule has 1 aromatic carbocycles. The first kappa shape index (κ1) is 10.9. The van der Waals surface area contributed by atoms with Crippen molar-refractivity contribution in [1.29, 1.82) is 5.26 Å². The number of hydrogen-bond donors (Lipinski definition) is 2. The van der Waals surface area contributed by atoms with E-state index in [9.17, 15) is 13.6 Å². The van der Waals surface area contributed by atoms with Gasteiger partial charge in [-0.05, 0) is 12.1 Å². The highest BCUT2D eigenvalue weighted by Crippen LogP contribution is 2.14. The fourth-order valence-electron chi connectivity index (χ4n) is 0.880. The summed E-state index contributed by atoms with van der Waals surface area (Å²) in [6, 6.07) is 3.59. The Bertz CT molecular complexity index is 414.